The van der Waals surface area contributed by atoms with Crippen molar-refractivity contribution in [1.29, 1.82) is 0 Å². The van der Waals surface area contributed by atoms with E-state index in [0.29, 0.717) is 17.6 Å². The molecule has 0 saturated heterocycles. The van der Waals surface area contributed by atoms with E-state index < -0.39 is 71.9 Å². The number of aliphatic hydroxyl groups excluding tert-OH is 2. The number of aliphatic hydroxyl groups is 2. The number of ether oxygens (including phenoxy) is 1. The minimum absolute atomic E-state index is 0.216. The summed E-state index contributed by atoms with van der Waals surface area (Å²) in [5.74, 6) is -2.98. The highest BCUT2D eigenvalue weighted by molar-refractivity contribution is 7.11. The molecule has 2 rings (SSSR count). The fraction of sp³-hybridized carbons (Fsp3) is 0.556. The predicted molar refractivity (Wildman–Crippen MR) is 137 cm³/mol. The van der Waals surface area contributed by atoms with Crippen molar-refractivity contribution in [3.05, 3.63) is 45.5 Å². The van der Waals surface area contributed by atoms with Crippen LogP contribution < -0.4 is 0 Å². The van der Waals surface area contributed by atoms with E-state index in [1.54, 1.807) is 19.2 Å². The molecule has 1 aromatic heterocycles. The summed E-state index contributed by atoms with van der Waals surface area (Å²) in [5.41, 5.74) is -1.51. The van der Waals surface area contributed by atoms with Gasteiger partial charge in [-0.15, -0.1) is 11.3 Å². The molecular formula is C27H34F3NO6S. The van der Waals surface area contributed by atoms with Crippen molar-refractivity contribution in [1.82, 2.24) is 4.98 Å². The Morgan fingerprint density at radius 2 is 1.89 bits per heavy atom. The van der Waals surface area contributed by atoms with E-state index in [1.807, 2.05) is 0 Å². The van der Waals surface area contributed by atoms with Crippen LogP contribution in [0.25, 0.3) is 6.08 Å². The highest BCUT2D eigenvalue weighted by Crippen LogP contribution is 2.33. The van der Waals surface area contributed by atoms with Crippen molar-refractivity contribution < 1.29 is 42.5 Å². The number of carbonyl (C=O) groups excluding carboxylic acids is 3. The average Bonchev–Trinajstić information content (AvgIpc) is 3.29. The van der Waals surface area contributed by atoms with E-state index in [4.69, 9.17) is 4.74 Å². The number of allylic oxidation sites excluding steroid dienone is 2. The summed E-state index contributed by atoms with van der Waals surface area (Å²) in [6, 6.07) is 0. The first-order valence-electron chi connectivity index (χ1n) is 12.2. The Bertz CT molecular complexity index is 1100. The summed E-state index contributed by atoms with van der Waals surface area (Å²) < 4.78 is 46.8. The average molecular weight is 558 g/mol. The number of hydrogen-bond acceptors (Lipinski definition) is 8. The summed E-state index contributed by atoms with van der Waals surface area (Å²) >= 11 is 1.09. The van der Waals surface area contributed by atoms with Crippen LogP contribution in [0, 0.1) is 17.3 Å². The molecule has 2 N–H and O–H groups in total. The first-order chi connectivity index (χ1) is 17.6. The smallest absolute Gasteiger partial charge is 0.412 e. The highest BCUT2D eigenvalue weighted by atomic mass is 32.1. The molecule has 1 aromatic rings. The predicted octanol–water partition coefficient (Wildman–Crippen LogP) is 5.09. The molecule has 1 unspecified atom stereocenters. The number of cyclic esters (lactones) is 1. The van der Waals surface area contributed by atoms with Crippen LogP contribution in [0.4, 0.5) is 13.2 Å². The highest BCUT2D eigenvalue weighted by Gasteiger charge is 2.42. The maximum Gasteiger partial charge on any atom is 0.412 e. The van der Waals surface area contributed by atoms with E-state index in [2.05, 4.69) is 4.98 Å². The topological polar surface area (TPSA) is 114 Å². The zero-order chi connectivity index (χ0) is 28.8. The number of aromatic nitrogens is 1. The normalized spacial score (nSPS) is 30.7. The van der Waals surface area contributed by atoms with Crippen LogP contribution in [0.1, 0.15) is 69.4 Å². The lowest BCUT2D eigenvalue weighted by Gasteiger charge is -2.34. The van der Waals surface area contributed by atoms with Crippen molar-refractivity contribution >= 4 is 35.5 Å². The number of halogens is 3. The number of carbonyl (C=O) groups is 3. The summed E-state index contributed by atoms with van der Waals surface area (Å²) in [4.78, 5) is 40.9. The fourth-order valence-electron chi connectivity index (χ4n) is 4.14. The number of aldehydes is 1. The minimum atomic E-state index is -4.65. The van der Waals surface area contributed by atoms with E-state index in [0.717, 1.165) is 17.4 Å². The number of Topliss-reactive ketones (excluding diaryl/α,β-unsaturated/α-hetero) is 1. The lowest BCUT2D eigenvalue weighted by atomic mass is 9.73. The number of esters is 1. The number of alkyl halides is 3. The monoisotopic (exact) mass is 557 g/mol. The number of hydrogen-bond donors (Lipinski definition) is 2. The molecule has 0 fully saturated rings. The maximum atomic E-state index is 13.8. The second-order valence-corrected chi connectivity index (χ2v) is 11.0. The molecule has 0 saturated carbocycles. The van der Waals surface area contributed by atoms with Crippen molar-refractivity contribution in [2.45, 2.75) is 78.4 Å². The number of rotatable bonds is 3. The summed E-state index contributed by atoms with van der Waals surface area (Å²) in [5, 5.41) is 23.2. The molecule has 11 heteroatoms. The molecule has 1 aliphatic rings. The molecule has 0 aromatic carbocycles. The Labute approximate surface area is 224 Å². The van der Waals surface area contributed by atoms with Crippen LogP contribution in [0.2, 0.25) is 0 Å². The van der Waals surface area contributed by atoms with Crippen LogP contribution in [-0.4, -0.2) is 57.7 Å². The first-order valence-corrected chi connectivity index (χ1v) is 13.1. The van der Waals surface area contributed by atoms with Crippen LogP contribution in [0.3, 0.4) is 0 Å². The Kier molecular flexibility index (Phi) is 10.8. The molecule has 2 heterocycles. The zero-order valence-corrected chi connectivity index (χ0v) is 22.8. The SMILES string of the molecule is C/C(=C\c1csc(C=O)n1)C1C/C=C(/C(F)(F)F)C/C=C/[C@H](C)[C@H](O)[C@@H](C)C(=O)C(C)(C)[C@@H](O)CC(=O)O1. The standard InChI is InChI=1S/C27H34F3NO6S/c1-15-7-6-8-18(27(28,29)30)9-10-20(16(2)11-19-14-38-22(13-32)31-19)37-23(34)12-21(33)26(4,5)25(36)17(3)24(15)35/h6-7,9,11,13-15,17,20-21,24,33,35H,8,10,12H2,1-5H3/b7-6+,16-11+,18-9+/t15-,17+,20?,21-,24-/m0/s1. The second-order valence-electron chi connectivity index (χ2n) is 10.1. The zero-order valence-electron chi connectivity index (χ0n) is 22.0. The Morgan fingerprint density at radius 3 is 2.47 bits per heavy atom. The molecule has 210 valence electrons. The second kappa shape index (κ2) is 12.9. The summed E-state index contributed by atoms with van der Waals surface area (Å²) in [7, 11) is 0. The van der Waals surface area contributed by atoms with Crippen LogP contribution >= 0.6 is 11.3 Å². The van der Waals surface area contributed by atoms with Crippen LogP contribution in [0.5, 0.6) is 0 Å². The van der Waals surface area contributed by atoms with Gasteiger partial charge in [0.2, 0.25) is 0 Å². The van der Waals surface area contributed by atoms with Gasteiger partial charge in [-0.1, -0.05) is 45.9 Å². The van der Waals surface area contributed by atoms with Gasteiger partial charge in [-0.2, -0.15) is 13.2 Å². The van der Waals surface area contributed by atoms with Crippen LogP contribution in [0.15, 0.2) is 34.8 Å². The first kappa shape index (κ1) is 31.6. The van der Waals surface area contributed by atoms with E-state index in [-0.39, 0.29) is 11.4 Å². The van der Waals surface area contributed by atoms with Gasteiger partial charge < -0.3 is 14.9 Å². The maximum absolute atomic E-state index is 13.8. The molecule has 7 nitrogen and oxygen atoms in total. The van der Waals surface area contributed by atoms with E-state index >= 15 is 0 Å². The molecule has 0 aliphatic carbocycles. The quantitative estimate of drug-likeness (QED) is 0.302. The molecule has 0 amide bonds. The van der Waals surface area contributed by atoms with Gasteiger partial charge in [0.1, 0.15) is 11.9 Å². The third kappa shape index (κ3) is 8.18. The summed E-state index contributed by atoms with van der Waals surface area (Å²) in [6.45, 7) is 7.56. The van der Waals surface area contributed by atoms with E-state index in [1.165, 1.54) is 39.0 Å². The Hall–Kier alpha value is -2.63. The van der Waals surface area contributed by atoms with Gasteiger partial charge in [-0.25, -0.2) is 4.98 Å². The van der Waals surface area contributed by atoms with Gasteiger partial charge in [0, 0.05) is 29.2 Å². The molecule has 1 aliphatic heterocycles. The minimum Gasteiger partial charge on any atom is -0.457 e. The lowest BCUT2D eigenvalue weighted by Crippen LogP contribution is -2.45. The van der Waals surface area contributed by atoms with E-state index in [9.17, 15) is 37.8 Å². The van der Waals surface area contributed by atoms with Gasteiger partial charge in [-0.3, -0.25) is 14.4 Å². The molecule has 0 radical (unpaired) electrons. The molecular weight excluding hydrogens is 523 g/mol. The largest absolute Gasteiger partial charge is 0.457 e. The van der Waals surface area contributed by atoms with Gasteiger partial charge >= 0.3 is 12.1 Å². The van der Waals surface area contributed by atoms with Crippen LogP contribution in [-0.2, 0) is 14.3 Å². The number of nitrogens with zero attached hydrogens (tertiary/aromatic N) is 1. The molecule has 38 heavy (non-hydrogen) atoms. The van der Waals surface area contributed by atoms with Crippen molar-refractivity contribution in [2.24, 2.45) is 17.3 Å². The molecule has 0 spiro atoms. The number of thiazole rings is 1. The van der Waals surface area contributed by atoms with Gasteiger partial charge in [0.15, 0.2) is 11.3 Å². The van der Waals surface area contributed by atoms with Crippen molar-refractivity contribution in [2.75, 3.05) is 0 Å². The number of ketones is 1. The molecule has 5 atom stereocenters. The van der Waals surface area contributed by atoms with Gasteiger partial charge in [0.25, 0.3) is 0 Å². The van der Waals surface area contributed by atoms with Gasteiger partial charge in [-0.05, 0) is 25.0 Å². The Morgan fingerprint density at radius 1 is 1.24 bits per heavy atom. The van der Waals surface area contributed by atoms with Gasteiger partial charge in [0.05, 0.1) is 29.7 Å². The lowest BCUT2D eigenvalue weighted by molar-refractivity contribution is -0.154. The summed E-state index contributed by atoms with van der Waals surface area (Å²) in [6.07, 6.45) is -4.06. The fourth-order valence-corrected chi connectivity index (χ4v) is 4.72. The Balaban J connectivity index is 2.51. The van der Waals surface area contributed by atoms with Crippen molar-refractivity contribution in [3.8, 4) is 0 Å². The van der Waals surface area contributed by atoms with Crippen molar-refractivity contribution in [3.63, 3.8) is 0 Å². The molecule has 0 bridgehead atoms. The third-order valence-corrected chi connectivity index (χ3v) is 7.60. The third-order valence-electron chi connectivity index (χ3n) is 6.81.